The molecule has 0 saturated carbocycles. The van der Waals surface area contributed by atoms with Crippen molar-refractivity contribution in [2.24, 2.45) is 0 Å². The van der Waals surface area contributed by atoms with E-state index in [1.807, 2.05) is 146 Å². The Morgan fingerprint density at radius 1 is 0.296 bits per heavy atom. The van der Waals surface area contributed by atoms with Gasteiger partial charge in [-0.25, -0.2) is 29.9 Å². The summed E-state index contributed by atoms with van der Waals surface area (Å²) < 4.78 is 6.04. The number of aromatic nitrogens is 8. The largest absolute Gasteiger partial charge is 0.354 e. The molecule has 10 aromatic carbocycles. The summed E-state index contributed by atoms with van der Waals surface area (Å²) in [4.78, 5) is 32.1. The van der Waals surface area contributed by atoms with Crippen LogP contribution in [0.15, 0.2) is 270 Å². The first-order valence-electron chi connectivity index (χ1n) is 26.4. The zero-order valence-corrected chi connectivity index (χ0v) is 46.4. The summed E-state index contributed by atoms with van der Waals surface area (Å²) >= 11 is 7.05. The summed E-state index contributed by atoms with van der Waals surface area (Å²) in [5.41, 5.74) is 11.7. The number of hydrogen-bond donors (Lipinski definition) is 1. The van der Waals surface area contributed by atoms with Crippen molar-refractivity contribution in [2.45, 2.75) is 0 Å². The number of thiophene rings is 2. The molecule has 16 rings (SSSR count). The van der Waals surface area contributed by atoms with Gasteiger partial charge in [-0.15, -0.1) is 22.7 Å². The Balaban J connectivity index is 0.000000121. The molecule has 6 heterocycles. The van der Waals surface area contributed by atoms with Gasteiger partial charge in [0.05, 0.1) is 11.0 Å². The first kappa shape index (κ1) is 49.5. The molecule has 0 fully saturated rings. The molecule has 384 valence electrons. The highest BCUT2D eigenvalue weighted by molar-refractivity contribution is 9.10. The van der Waals surface area contributed by atoms with Gasteiger partial charge in [-0.2, -0.15) is 0 Å². The first-order valence-corrected chi connectivity index (χ1v) is 29.0. The second-order valence-corrected chi connectivity index (χ2v) is 22.1. The Labute approximate surface area is 482 Å². The fraction of sp³-hybridized carbons (Fsp3) is 0. The van der Waals surface area contributed by atoms with Gasteiger partial charge in [0.25, 0.3) is 0 Å². The van der Waals surface area contributed by atoms with E-state index in [0.717, 1.165) is 43.5 Å². The van der Waals surface area contributed by atoms with Gasteiger partial charge < -0.3 is 9.55 Å². The van der Waals surface area contributed by atoms with E-state index in [1.54, 1.807) is 22.7 Å². The maximum absolute atomic E-state index is 4.89. The Morgan fingerprint density at radius 2 is 0.691 bits per heavy atom. The number of halogens is 1. The molecule has 0 bridgehead atoms. The lowest BCUT2D eigenvalue weighted by Crippen LogP contribution is -2.00. The summed E-state index contributed by atoms with van der Waals surface area (Å²) in [6.45, 7) is 0. The second-order valence-electron chi connectivity index (χ2n) is 19.3. The van der Waals surface area contributed by atoms with E-state index in [4.69, 9.17) is 24.9 Å². The van der Waals surface area contributed by atoms with Crippen LogP contribution in [-0.4, -0.2) is 39.5 Å². The summed E-state index contributed by atoms with van der Waals surface area (Å²) in [5.74, 6) is 3.99. The van der Waals surface area contributed by atoms with E-state index >= 15 is 0 Å². The van der Waals surface area contributed by atoms with Crippen LogP contribution in [0.1, 0.15) is 0 Å². The number of nitrogens with one attached hydrogen (secondary N) is 1. The quantitative estimate of drug-likeness (QED) is 0.171. The average Bonchev–Trinajstić information content (AvgIpc) is 4.57. The van der Waals surface area contributed by atoms with Crippen molar-refractivity contribution in [3.05, 3.63) is 270 Å². The maximum Gasteiger partial charge on any atom is 0.164 e. The number of nitrogens with zero attached hydrogens (tertiary/aromatic N) is 7. The molecule has 0 unspecified atom stereocenters. The van der Waals surface area contributed by atoms with Crippen molar-refractivity contribution >= 4 is 102 Å². The SMILES string of the molecule is Brc1ccc(-c2nc(-c3ccccc3)nc(-c3ccccc3)n2)cc1.c1ccc(-c2nc(-c3ccccc3)nc(-c3ccc(-n4c5ccccc5c5c6ccsc6ccc54)cc3)n2)cc1.c1ccc2c(c1)[nH]c1ccc3sccc3c12. The fourth-order valence-corrected chi connectivity index (χ4v) is 12.3. The zero-order chi connectivity index (χ0) is 54.1. The van der Waals surface area contributed by atoms with Gasteiger partial charge in [-0.3, -0.25) is 0 Å². The van der Waals surface area contributed by atoms with Crippen LogP contribution in [-0.2, 0) is 0 Å². The van der Waals surface area contributed by atoms with Gasteiger partial charge in [0.15, 0.2) is 34.9 Å². The minimum Gasteiger partial charge on any atom is -0.354 e. The minimum atomic E-state index is 0.654. The monoisotopic (exact) mass is 1140 g/mol. The van der Waals surface area contributed by atoms with Gasteiger partial charge in [-0.05, 0) is 95.7 Å². The number of aromatic amines is 1. The molecule has 6 aromatic heterocycles. The molecule has 1 N–H and O–H groups in total. The highest BCUT2D eigenvalue weighted by Crippen LogP contribution is 2.39. The molecule has 0 amide bonds. The molecule has 16 aromatic rings. The average molecular weight is 1140 g/mol. The standard InChI is InChI=1S/C35H22N4S.C21H14BrN3.C14H9NS/c1-3-9-23(10-4-1)33-36-34(24-11-5-2-6-12-24)38-35(37-33)25-15-17-26(18-16-25)39-29-14-8-7-13-27(29)32-28-21-22-40-31(28)20-19-30(32)39;22-18-13-11-17(12-14-18)21-24-19(15-7-3-1-4-8-15)23-20(25-21)16-9-5-2-6-10-16;1-2-4-11-9(3-1)14-10-7-8-16-13(10)6-5-12(14)15-11/h1-22H;1-14H;1-8,15H. The topological polar surface area (TPSA) is 98.1 Å². The third kappa shape index (κ3) is 9.84. The fourth-order valence-electron chi connectivity index (χ4n) is 10.4. The van der Waals surface area contributed by atoms with Crippen LogP contribution >= 0.6 is 38.6 Å². The number of para-hydroxylation sites is 2. The van der Waals surface area contributed by atoms with Gasteiger partial charge in [0.1, 0.15) is 0 Å². The predicted molar refractivity (Wildman–Crippen MR) is 341 cm³/mol. The smallest absolute Gasteiger partial charge is 0.164 e. The van der Waals surface area contributed by atoms with Crippen LogP contribution in [0.5, 0.6) is 0 Å². The summed E-state index contributed by atoms with van der Waals surface area (Å²) in [6.07, 6.45) is 0. The molecule has 0 aliphatic carbocycles. The molecule has 0 atom stereocenters. The number of rotatable bonds is 7. The number of hydrogen-bond acceptors (Lipinski definition) is 8. The van der Waals surface area contributed by atoms with Crippen molar-refractivity contribution in [3.8, 4) is 74.0 Å². The summed E-state index contributed by atoms with van der Waals surface area (Å²) in [7, 11) is 0. The van der Waals surface area contributed by atoms with E-state index in [9.17, 15) is 0 Å². The minimum absolute atomic E-state index is 0.654. The van der Waals surface area contributed by atoms with E-state index < -0.39 is 0 Å². The molecule has 0 aliphatic rings. The molecule has 8 nitrogen and oxygen atoms in total. The van der Waals surface area contributed by atoms with Crippen LogP contribution in [0.3, 0.4) is 0 Å². The number of H-pyrrole nitrogens is 1. The van der Waals surface area contributed by atoms with E-state index in [0.29, 0.717) is 34.9 Å². The third-order valence-corrected chi connectivity index (χ3v) is 16.5. The Kier molecular flexibility index (Phi) is 13.3. The van der Waals surface area contributed by atoms with Crippen molar-refractivity contribution in [3.63, 3.8) is 0 Å². The Bertz CT molecular complexity index is 4750. The van der Waals surface area contributed by atoms with Gasteiger partial charge in [0.2, 0.25) is 0 Å². The van der Waals surface area contributed by atoms with Crippen LogP contribution in [0.25, 0.3) is 138 Å². The lowest BCUT2D eigenvalue weighted by Gasteiger charge is -2.11. The Morgan fingerprint density at radius 3 is 1.19 bits per heavy atom. The molecule has 0 saturated heterocycles. The molecular formula is C70H45BrN8S2. The molecule has 0 aliphatic heterocycles. The lowest BCUT2D eigenvalue weighted by molar-refractivity contribution is 1.07. The first-order chi connectivity index (χ1) is 40.1. The third-order valence-electron chi connectivity index (χ3n) is 14.3. The molecule has 81 heavy (non-hydrogen) atoms. The molecule has 0 spiro atoms. The van der Waals surface area contributed by atoms with Crippen molar-refractivity contribution in [1.29, 1.82) is 0 Å². The van der Waals surface area contributed by atoms with Crippen molar-refractivity contribution < 1.29 is 0 Å². The van der Waals surface area contributed by atoms with Crippen LogP contribution in [0.2, 0.25) is 0 Å². The molecule has 11 heteroatoms. The highest BCUT2D eigenvalue weighted by atomic mass is 79.9. The molecular weight excluding hydrogens is 1100 g/mol. The molecule has 0 radical (unpaired) electrons. The van der Waals surface area contributed by atoms with E-state index in [-0.39, 0.29) is 0 Å². The maximum atomic E-state index is 4.89. The zero-order valence-electron chi connectivity index (χ0n) is 43.2. The highest BCUT2D eigenvalue weighted by Gasteiger charge is 2.18. The number of benzene rings is 10. The van der Waals surface area contributed by atoms with Crippen LogP contribution in [0, 0.1) is 0 Å². The lowest BCUT2D eigenvalue weighted by atomic mass is 10.1. The van der Waals surface area contributed by atoms with Crippen LogP contribution in [0.4, 0.5) is 0 Å². The normalized spacial score (nSPS) is 11.3. The summed E-state index contributed by atoms with van der Waals surface area (Å²) in [5, 5.41) is 12.2. The van der Waals surface area contributed by atoms with Crippen molar-refractivity contribution in [1.82, 2.24) is 39.5 Å². The van der Waals surface area contributed by atoms with E-state index in [2.05, 4.69) is 150 Å². The second kappa shape index (κ2) is 21.8. The van der Waals surface area contributed by atoms with E-state index in [1.165, 1.54) is 63.8 Å². The predicted octanol–water partition coefficient (Wildman–Crippen LogP) is 19.4. The van der Waals surface area contributed by atoms with Gasteiger partial charge in [0, 0.05) is 96.3 Å². The summed E-state index contributed by atoms with van der Waals surface area (Å²) in [6, 6.07) is 87.0. The van der Waals surface area contributed by atoms with Crippen LogP contribution < -0.4 is 0 Å². The van der Waals surface area contributed by atoms with Gasteiger partial charge >= 0.3 is 0 Å². The Hall–Kier alpha value is -9.78. The number of fused-ring (bicyclic) bond motifs is 10. The van der Waals surface area contributed by atoms with Crippen molar-refractivity contribution in [2.75, 3.05) is 0 Å². The van der Waals surface area contributed by atoms with Gasteiger partial charge in [-0.1, -0.05) is 186 Å².